The van der Waals surface area contributed by atoms with E-state index in [-0.39, 0.29) is 28.2 Å². The van der Waals surface area contributed by atoms with Crippen LogP contribution < -0.4 is 4.74 Å². The maximum Gasteiger partial charge on any atom is 0.197 e. The number of hydrogen-bond acceptors (Lipinski definition) is 4. The van der Waals surface area contributed by atoms with Gasteiger partial charge in [0.05, 0.1) is 43.1 Å². The number of methoxy groups -OCH3 is 1. The quantitative estimate of drug-likeness (QED) is 0.585. The fourth-order valence-corrected chi connectivity index (χ4v) is 3.44. The molecule has 1 atom stereocenters. The van der Waals surface area contributed by atoms with Crippen LogP contribution in [0.5, 0.6) is 5.75 Å². The zero-order chi connectivity index (χ0) is 21.6. The van der Waals surface area contributed by atoms with Crippen molar-refractivity contribution in [1.29, 1.82) is 0 Å². The number of ether oxygens (including phenoxy) is 1. The number of aromatic nitrogens is 4. The lowest BCUT2D eigenvalue weighted by Gasteiger charge is -2.08. The Bertz CT molecular complexity index is 1270. The van der Waals surface area contributed by atoms with Crippen molar-refractivity contribution < 1.29 is 14.4 Å². The number of hydrogen-bond donors (Lipinski definition) is 1. The first-order chi connectivity index (χ1) is 14.2. The lowest BCUT2D eigenvalue weighted by Crippen LogP contribution is -2.03. The molecule has 0 aliphatic heterocycles. The van der Waals surface area contributed by atoms with Gasteiger partial charge in [-0.25, -0.2) is 4.98 Å². The van der Waals surface area contributed by atoms with Crippen LogP contribution in [0.2, 0.25) is 0 Å². The first-order valence-corrected chi connectivity index (χ1v) is 8.96. The number of rotatable bonds is 5. The minimum atomic E-state index is -2.46. The van der Waals surface area contributed by atoms with Gasteiger partial charge in [0, 0.05) is 32.6 Å². The molecule has 6 nitrogen and oxygen atoms in total. The smallest absolute Gasteiger partial charge is 0.197 e. The molecule has 132 valence electrons. The minimum Gasteiger partial charge on any atom is -0.496 e. The van der Waals surface area contributed by atoms with Crippen LogP contribution in [-0.4, -0.2) is 30.8 Å². The van der Waals surface area contributed by atoms with E-state index >= 15 is 0 Å². The first kappa shape index (κ1) is 12.4. The van der Waals surface area contributed by atoms with Gasteiger partial charge in [0.1, 0.15) is 5.75 Å². The van der Waals surface area contributed by atoms with Gasteiger partial charge in [-0.3, -0.25) is 9.19 Å². The highest BCUT2D eigenvalue weighted by atomic mass is 32.2. The van der Waals surface area contributed by atoms with Crippen LogP contribution in [0.25, 0.3) is 16.7 Å². The lowest BCUT2D eigenvalue weighted by atomic mass is 10.2. The van der Waals surface area contributed by atoms with Gasteiger partial charge in [-0.2, -0.15) is 0 Å². The van der Waals surface area contributed by atoms with Gasteiger partial charge < -0.3 is 14.3 Å². The van der Waals surface area contributed by atoms with E-state index in [1.807, 2.05) is 41.2 Å². The van der Waals surface area contributed by atoms with Gasteiger partial charge in [0.15, 0.2) is 5.16 Å². The normalized spacial score (nSPS) is 15.2. The lowest BCUT2D eigenvalue weighted by molar-refractivity contribution is 0.410. The van der Waals surface area contributed by atoms with E-state index in [4.69, 9.17) is 10.2 Å². The highest BCUT2D eigenvalue weighted by molar-refractivity contribution is 7.84. The van der Waals surface area contributed by atoms with Crippen LogP contribution >= 0.6 is 0 Å². The molecule has 0 spiro atoms. The van der Waals surface area contributed by atoms with Gasteiger partial charge in [-0.1, -0.05) is 0 Å². The van der Waals surface area contributed by atoms with E-state index in [0.29, 0.717) is 11.0 Å². The molecular weight excluding hydrogens is 348 g/mol. The molecule has 0 amide bonds. The fraction of sp³-hybridized carbons (Fsp3) is 0.158. The minimum absolute atomic E-state index is 0.0341. The third kappa shape index (κ3) is 3.01. The Morgan fingerprint density at radius 2 is 2.19 bits per heavy atom. The molecule has 3 heterocycles. The largest absolute Gasteiger partial charge is 0.496 e. The standard InChI is InChI=1S/C19H18N4O2S/c1-13-17(20-8-7-18(13)25-2)12-26(24)19-21-15-6-5-14(11-16(15)22-19)23-9-3-4-10-23/h3-11H,12H2,1-2H3,(H,21,22)/i7D,8D,12D2. The van der Waals surface area contributed by atoms with Crippen molar-refractivity contribution in [2.45, 2.75) is 17.8 Å². The third-order valence-electron chi connectivity index (χ3n) is 3.95. The van der Waals surface area contributed by atoms with Crippen molar-refractivity contribution in [3.8, 4) is 11.4 Å². The molecule has 4 rings (SSSR count). The summed E-state index contributed by atoms with van der Waals surface area (Å²) in [4.78, 5) is 11.1. The predicted octanol–water partition coefficient (Wildman–Crippen LogP) is 3.37. The van der Waals surface area contributed by atoms with Crippen LogP contribution in [0.4, 0.5) is 0 Å². The molecule has 3 aromatic heterocycles. The van der Waals surface area contributed by atoms with Crippen molar-refractivity contribution in [2.75, 3.05) is 7.11 Å². The average molecular weight is 370 g/mol. The van der Waals surface area contributed by atoms with Gasteiger partial charge >= 0.3 is 0 Å². The topological polar surface area (TPSA) is 72.8 Å². The van der Waals surface area contributed by atoms with Crippen molar-refractivity contribution >= 4 is 21.8 Å². The summed E-state index contributed by atoms with van der Waals surface area (Å²) >= 11 is 0. The molecular formula is C19H18N4O2S. The van der Waals surface area contributed by atoms with Crippen molar-refractivity contribution in [3.63, 3.8) is 0 Å². The van der Waals surface area contributed by atoms with Crippen LogP contribution in [0, 0.1) is 6.92 Å². The summed E-state index contributed by atoms with van der Waals surface area (Å²) in [6.07, 6.45) is 3.34. The molecule has 0 fully saturated rings. The highest BCUT2D eigenvalue weighted by Crippen LogP contribution is 2.22. The van der Waals surface area contributed by atoms with Crippen LogP contribution in [0.3, 0.4) is 0 Å². The second-order valence-electron chi connectivity index (χ2n) is 5.56. The fourth-order valence-electron chi connectivity index (χ4n) is 2.59. The second kappa shape index (κ2) is 6.76. The van der Waals surface area contributed by atoms with Crippen molar-refractivity contribution in [1.82, 2.24) is 19.5 Å². The summed E-state index contributed by atoms with van der Waals surface area (Å²) in [6, 6.07) is 9.02. The average Bonchev–Trinajstić information content (AvgIpc) is 3.39. The molecule has 1 N–H and O–H groups in total. The molecule has 0 saturated carbocycles. The van der Waals surface area contributed by atoms with Crippen LogP contribution in [0.1, 0.15) is 16.7 Å². The third-order valence-corrected chi connectivity index (χ3v) is 4.87. The summed E-state index contributed by atoms with van der Waals surface area (Å²) in [5.41, 5.74) is -0.406. The summed E-state index contributed by atoms with van der Waals surface area (Å²) < 4.78 is 52.8. The molecule has 26 heavy (non-hydrogen) atoms. The van der Waals surface area contributed by atoms with E-state index in [1.165, 1.54) is 14.0 Å². The number of pyridine rings is 1. The molecule has 7 heteroatoms. The Morgan fingerprint density at radius 3 is 2.96 bits per heavy atom. The molecule has 0 aliphatic rings. The zero-order valence-corrected chi connectivity index (χ0v) is 14.9. The Morgan fingerprint density at radius 1 is 1.38 bits per heavy atom. The van der Waals surface area contributed by atoms with Gasteiger partial charge in [0.2, 0.25) is 0 Å². The van der Waals surface area contributed by atoms with Gasteiger partial charge in [-0.15, -0.1) is 0 Å². The van der Waals surface area contributed by atoms with E-state index < -0.39 is 22.7 Å². The van der Waals surface area contributed by atoms with Crippen LogP contribution in [-0.2, 0) is 16.5 Å². The Balaban J connectivity index is 1.77. The number of aromatic amines is 1. The molecule has 1 unspecified atom stereocenters. The van der Waals surface area contributed by atoms with Gasteiger partial charge in [-0.05, 0) is 43.3 Å². The molecule has 0 saturated heterocycles. The van der Waals surface area contributed by atoms with E-state index in [2.05, 4.69) is 15.0 Å². The Kier molecular flexibility index (Phi) is 3.23. The molecule has 0 radical (unpaired) electrons. The van der Waals surface area contributed by atoms with Crippen molar-refractivity contribution in [2.24, 2.45) is 0 Å². The summed E-state index contributed by atoms with van der Waals surface area (Å²) in [5, 5.41) is -0.0405. The Labute approximate surface area is 158 Å². The molecule has 0 aliphatic carbocycles. The summed E-state index contributed by atoms with van der Waals surface area (Å²) in [5.74, 6) is 0.0341. The number of H-pyrrole nitrogens is 1. The highest BCUT2D eigenvalue weighted by Gasteiger charge is 2.15. The summed E-state index contributed by atoms with van der Waals surface area (Å²) in [6.45, 7) is 1.52. The summed E-state index contributed by atoms with van der Waals surface area (Å²) in [7, 11) is -0.928. The zero-order valence-electron chi connectivity index (χ0n) is 18.1. The van der Waals surface area contributed by atoms with E-state index in [0.717, 1.165) is 5.69 Å². The number of fused-ring (bicyclic) bond motifs is 1. The Hall–Kier alpha value is -2.93. The maximum atomic E-state index is 13.1. The number of nitrogens with one attached hydrogen (secondary N) is 1. The predicted molar refractivity (Wildman–Crippen MR) is 101 cm³/mol. The van der Waals surface area contributed by atoms with E-state index in [1.54, 1.807) is 6.07 Å². The molecule has 1 aromatic carbocycles. The molecule has 4 aromatic rings. The molecule has 0 bridgehead atoms. The van der Waals surface area contributed by atoms with E-state index in [9.17, 15) is 4.21 Å². The monoisotopic (exact) mass is 370 g/mol. The number of benzene rings is 1. The number of nitrogens with zero attached hydrogens (tertiary/aromatic N) is 3. The van der Waals surface area contributed by atoms with Crippen LogP contribution in [0.15, 0.2) is 60.1 Å². The second-order valence-corrected chi connectivity index (χ2v) is 6.69. The SMILES string of the molecule is [2H]c1nc(C([2H])([2H])S(=O)c2nc3ccc(-n4cccc4)cc3[nH]2)c(C)c(OC)c1[2H]. The maximum absolute atomic E-state index is 13.1. The van der Waals surface area contributed by atoms with Crippen molar-refractivity contribution in [3.05, 3.63) is 66.2 Å². The number of imidazole rings is 1. The van der Waals surface area contributed by atoms with Gasteiger partial charge in [0.25, 0.3) is 0 Å². The first-order valence-electron chi connectivity index (χ1n) is 9.81.